The van der Waals surface area contributed by atoms with Gasteiger partial charge in [0.05, 0.1) is 17.6 Å². The van der Waals surface area contributed by atoms with Crippen LogP contribution in [-0.4, -0.2) is 48.7 Å². The molecule has 1 N–H and O–H groups in total. The van der Waals surface area contributed by atoms with Crippen molar-refractivity contribution in [1.82, 2.24) is 10.2 Å². The summed E-state index contributed by atoms with van der Waals surface area (Å²) in [6, 6.07) is 4.48. The summed E-state index contributed by atoms with van der Waals surface area (Å²) >= 11 is 6.07. The van der Waals surface area contributed by atoms with Crippen molar-refractivity contribution in [2.75, 3.05) is 32.8 Å². The molecule has 1 fully saturated rings. The smallest absolute Gasteiger partial charge is 0.269 e. The third kappa shape index (κ3) is 4.64. The fourth-order valence-electron chi connectivity index (χ4n) is 2.37. The van der Waals surface area contributed by atoms with Crippen molar-refractivity contribution in [2.45, 2.75) is 19.6 Å². The average Bonchev–Trinajstić information content (AvgIpc) is 2.49. The van der Waals surface area contributed by atoms with E-state index < -0.39 is 4.92 Å². The van der Waals surface area contributed by atoms with Crippen LogP contribution in [0.15, 0.2) is 18.2 Å². The van der Waals surface area contributed by atoms with Crippen LogP contribution in [-0.2, 0) is 11.3 Å². The molecule has 0 radical (unpaired) electrons. The zero-order valence-electron chi connectivity index (χ0n) is 12.0. The number of likely N-dealkylation sites (N-methyl/N-ethyl adjacent to an activating group) is 1. The Labute approximate surface area is 129 Å². The summed E-state index contributed by atoms with van der Waals surface area (Å²) in [4.78, 5) is 12.7. The summed E-state index contributed by atoms with van der Waals surface area (Å²) in [5, 5.41) is 14.6. The van der Waals surface area contributed by atoms with Crippen molar-refractivity contribution < 1.29 is 9.66 Å². The van der Waals surface area contributed by atoms with Crippen LogP contribution >= 0.6 is 11.6 Å². The molecule has 0 aromatic heterocycles. The van der Waals surface area contributed by atoms with E-state index in [9.17, 15) is 10.1 Å². The van der Waals surface area contributed by atoms with Crippen molar-refractivity contribution in [1.29, 1.82) is 0 Å². The molecular formula is C14H20ClN3O3. The van der Waals surface area contributed by atoms with E-state index in [1.54, 1.807) is 6.07 Å². The molecule has 6 nitrogen and oxygen atoms in total. The van der Waals surface area contributed by atoms with Gasteiger partial charge in [-0.3, -0.25) is 15.0 Å². The number of hydrogen-bond donors (Lipinski definition) is 1. The van der Waals surface area contributed by atoms with E-state index in [0.29, 0.717) is 18.1 Å². The van der Waals surface area contributed by atoms with Gasteiger partial charge in [0.15, 0.2) is 0 Å². The summed E-state index contributed by atoms with van der Waals surface area (Å²) in [5.74, 6) is 0. The molecule has 0 saturated carbocycles. The third-order valence-corrected chi connectivity index (χ3v) is 3.97. The minimum Gasteiger partial charge on any atom is -0.374 e. The van der Waals surface area contributed by atoms with Gasteiger partial charge in [0, 0.05) is 43.3 Å². The van der Waals surface area contributed by atoms with Gasteiger partial charge in [0.25, 0.3) is 5.69 Å². The molecule has 116 valence electrons. The predicted octanol–water partition coefficient (Wildman–Crippen LogP) is 2.06. The first-order chi connectivity index (χ1) is 10.1. The van der Waals surface area contributed by atoms with E-state index in [1.165, 1.54) is 12.1 Å². The molecule has 1 aromatic rings. The maximum Gasteiger partial charge on any atom is 0.269 e. The number of morpholine rings is 1. The second kappa shape index (κ2) is 7.70. The number of nitrogens with one attached hydrogen (secondary N) is 1. The van der Waals surface area contributed by atoms with Crippen LogP contribution in [0.3, 0.4) is 0 Å². The largest absolute Gasteiger partial charge is 0.374 e. The molecule has 1 aromatic carbocycles. The van der Waals surface area contributed by atoms with Gasteiger partial charge in [-0.25, -0.2) is 0 Å². The Morgan fingerprint density at radius 1 is 1.57 bits per heavy atom. The molecule has 1 aliphatic rings. The van der Waals surface area contributed by atoms with Crippen molar-refractivity contribution in [2.24, 2.45) is 0 Å². The van der Waals surface area contributed by atoms with E-state index >= 15 is 0 Å². The van der Waals surface area contributed by atoms with Gasteiger partial charge in [-0.2, -0.15) is 0 Å². The Morgan fingerprint density at radius 2 is 2.38 bits per heavy atom. The summed E-state index contributed by atoms with van der Waals surface area (Å²) < 4.78 is 5.69. The number of rotatable bonds is 6. The molecule has 1 aliphatic heterocycles. The summed E-state index contributed by atoms with van der Waals surface area (Å²) in [6.07, 6.45) is 0.149. The highest BCUT2D eigenvalue weighted by molar-refractivity contribution is 6.31. The van der Waals surface area contributed by atoms with Crippen LogP contribution in [0.5, 0.6) is 0 Å². The molecule has 0 bridgehead atoms. The van der Waals surface area contributed by atoms with Crippen LogP contribution in [0.1, 0.15) is 12.5 Å². The Morgan fingerprint density at radius 3 is 3.10 bits per heavy atom. The lowest BCUT2D eigenvalue weighted by Gasteiger charge is -2.32. The van der Waals surface area contributed by atoms with Crippen LogP contribution in [0.4, 0.5) is 5.69 Å². The maximum absolute atomic E-state index is 10.8. The topological polar surface area (TPSA) is 67.6 Å². The van der Waals surface area contributed by atoms with E-state index in [0.717, 1.165) is 31.8 Å². The number of hydrogen-bond acceptors (Lipinski definition) is 5. The van der Waals surface area contributed by atoms with Gasteiger partial charge < -0.3 is 10.1 Å². The Balaban J connectivity index is 1.85. The summed E-state index contributed by atoms with van der Waals surface area (Å²) in [6.45, 7) is 6.99. The van der Waals surface area contributed by atoms with Gasteiger partial charge in [0.2, 0.25) is 0 Å². The number of halogens is 1. The lowest BCUT2D eigenvalue weighted by Crippen LogP contribution is -2.46. The Bertz CT molecular complexity index is 498. The highest BCUT2D eigenvalue weighted by Crippen LogP contribution is 2.21. The van der Waals surface area contributed by atoms with Crippen LogP contribution in [0.25, 0.3) is 0 Å². The van der Waals surface area contributed by atoms with Crippen molar-refractivity contribution in [3.63, 3.8) is 0 Å². The first-order valence-electron chi connectivity index (χ1n) is 7.07. The fraction of sp³-hybridized carbons (Fsp3) is 0.571. The predicted molar refractivity (Wildman–Crippen MR) is 81.7 cm³/mol. The minimum absolute atomic E-state index is 0.0577. The molecule has 1 saturated heterocycles. The molecule has 1 heterocycles. The monoisotopic (exact) mass is 313 g/mol. The van der Waals surface area contributed by atoms with Gasteiger partial charge in [-0.1, -0.05) is 18.5 Å². The minimum atomic E-state index is -0.413. The third-order valence-electron chi connectivity index (χ3n) is 3.60. The maximum atomic E-state index is 10.8. The zero-order valence-corrected chi connectivity index (χ0v) is 12.8. The SMILES string of the molecule is CCN1CCOC(CNCc2cc([N+](=O)[O-])ccc2Cl)C1. The van der Waals surface area contributed by atoms with Gasteiger partial charge in [-0.15, -0.1) is 0 Å². The Kier molecular flexibility index (Phi) is 5.93. The molecule has 1 unspecified atom stereocenters. The van der Waals surface area contributed by atoms with E-state index in [-0.39, 0.29) is 11.8 Å². The van der Waals surface area contributed by atoms with E-state index in [1.807, 2.05) is 0 Å². The number of ether oxygens (including phenoxy) is 1. The number of non-ortho nitro benzene ring substituents is 1. The second-order valence-corrected chi connectivity index (χ2v) is 5.46. The molecule has 0 aliphatic carbocycles. The standard InChI is InChI=1S/C14H20ClN3O3/c1-2-17-5-6-21-13(10-17)9-16-8-11-7-12(18(19)20)3-4-14(11)15/h3-4,7,13,16H,2,5-6,8-10H2,1H3. The molecule has 1 atom stereocenters. The normalized spacial score (nSPS) is 19.6. The quantitative estimate of drug-likeness (QED) is 0.643. The molecule has 0 amide bonds. The molecule has 21 heavy (non-hydrogen) atoms. The lowest BCUT2D eigenvalue weighted by atomic mass is 10.2. The molecule has 0 spiro atoms. The fourth-order valence-corrected chi connectivity index (χ4v) is 2.55. The molecular weight excluding hydrogens is 294 g/mol. The molecule has 2 rings (SSSR count). The van der Waals surface area contributed by atoms with Crippen LogP contribution in [0.2, 0.25) is 5.02 Å². The van der Waals surface area contributed by atoms with Gasteiger partial charge >= 0.3 is 0 Å². The van der Waals surface area contributed by atoms with E-state index in [2.05, 4.69) is 17.1 Å². The summed E-state index contributed by atoms with van der Waals surface area (Å²) in [7, 11) is 0. The van der Waals surface area contributed by atoms with Gasteiger partial charge in [0.1, 0.15) is 0 Å². The van der Waals surface area contributed by atoms with Crippen molar-refractivity contribution >= 4 is 17.3 Å². The zero-order chi connectivity index (χ0) is 15.2. The highest BCUT2D eigenvalue weighted by atomic mass is 35.5. The average molecular weight is 314 g/mol. The number of nitro groups is 1. The summed E-state index contributed by atoms with van der Waals surface area (Å²) in [5.41, 5.74) is 0.788. The number of nitro benzene ring substituents is 1. The van der Waals surface area contributed by atoms with Crippen molar-refractivity contribution in [3.8, 4) is 0 Å². The van der Waals surface area contributed by atoms with Crippen LogP contribution < -0.4 is 5.32 Å². The first-order valence-corrected chi connectivity index (χ1v) is 7.45. The second-order valence-electron chi connectivity index (χ2n) is 5.05. The van der Waals surface area contributed by atoms with Crippen LogP contribution in [0, 0.1) is 10.1 Å². The molecule has 7 heteroatoms. The highest BCUT2D eigenvalue weighted by Gasteiger charge is 2.19. The first kappa shape index (κ1) is 16.2. The lowest BCUT2D eigenvalue weighted by molar-refractivity contribution is -0.384. The number of benzene rings is 1. The van der Waals surface area contributed by atoms with Crippen molar-refractivity contribution in [3.05, 3.63) is 38.9 Å². The van der Waals surface area contributed by atoms with E-state index in [4.69, 9.17) is 16.3 Å². The van der Waals surface area contributed by atoms with Gasteiger partial charge in [-0.05, 0) is 18.2 Å². The Hall–Kier alpha value is -1.21. The number of nitrogens with zero attached hydrogens (tertiary/aromatic N) is 2.